The molecule has 0 N–H and O–H groups in total. The van der Waals surface area contributed by atoms with Gasteiger partial charge in [-0.1, -0.05) is 31.9 Å². The van der Waals surface area contributed by atoms with Crippen molar-refractivity contribution in [3.63, 3.8) is 0 Å². The fourth-order valence-corrected chi connectivity index (χ4v) is 2.71. The Labute approximate surface area is 141 Å². The van der Waals surface area contributed by atoms with Gasteiger partial charge in [0.05, 0.1) is 38.6 Å². The van der Waals surface area contributed by atoms with Crippen molar-refractivity contribution in [3.8, 4) is 0 Å². The maximum absolute atomic E-state index is 11.8. The number of methoxy groups -OCH3 is 1. The second kappa shape index (κ2) is 11.1. The standard InChI is InChI=1S/C14H18Br2O5/c1-18-2-3-19-4-5-20-6-7-21-14(17)11-8-12(15)10-13(16)9-11/h8-10H,2-7H2,1H3. The second-order valence-corrected chi connectivity index (χ2v) is 5.84. The Morgan fingerprint density at radius 1 is 0.905 bits per heavy atom. The van der Waals surface area contributed by atoms with E-state index in [1.54, 1.807) is 19.2 Å². The van der Waals surface area contributed by atoms with E-state index < -0.39 is 0 Å². The second-order valence-electron chi connectivity index (χ2n) is 4.01. The zero-order valence-electron chi connectivity index (χ0n) is 11.8. The lowest BCUT2D eigenvalue weighted by Crippen LogP contribution is -2.14. The molecule has 1 aromatic carbocycles. The van der Waals surface area contributed by atoms with Crippen LogP contribution < -0.4 is 0 Å². The van der Waals surface area contributed by atoms with Gasteiger partial charge < -0.3 is 18.9 Å². The van der Waals surface area contributed by atoms with Gasteiger partial charge in [-0.2, -0.15) is 0 Å². The van der Waals surface area contributed by atoms with Crippen LogP contribution >= 0.6 is 31.9 Å². The van der Waals surface area contributed by atoms with E-state index >= 15 is 0 Å². The van der Waals surface area contributed by atoms with Gasteiger partial charge in [-0.15, -0.1) is 0 Å². The Bertz CT molecular complexity index is 419. The van der Waals surface area contributed by atoms with E-state index in [4.69, 9.17) is 18.9 Å². The van der Waals surface area contributed by atoms with E-state index in [1.165, 1.54) is 0 Å². The first-order valence-corrected chi connectivity index (χ1v) is 7.99. The first-order chi connectivity index (χ1) is 10.1. The number of hydrogen-bond donors (Lipinski definition) is 0. The lowest BCUT2D eigenvalue weighted by molar-refractivity contribution is 0.00570. The summed E-state index contributed by atoms with van der Waals surface area (Å²) in [5, 5.41) is 0. The third-order valence-corrected chi connectivity index (χ3v) is 3.28. The maximum atomic E-state index is 11.8. The van der Waals surface area contributed by atoms with Crippen LogP contribution in [0.5, 0.6) is 0 Å². The summed E-state index contributed by atoms with van der Waals surface area (Å²) in [4.78, 5) is 11.8. The number of carbonyl (C=O) groups is 1. The molecule has 0 fully saturated rings. The molecule has 1 rings (SSSR count). The molecule has 0 atom stereocenters. The van der Waals surface area contributed by atoms with E-state index in [0.29, 0.717) is 38.6 Å². The summed E-state index contributed by atoms with van der Waals surface area (Å²) in [5.74, 6) is -0.378. The minimum Gasteiger partial charge on any atom is -0.460 e. The minimum atomic E-state index is -0.378. The number of ether oxygens (including phenoxy) is 4. The van der Waals surface area contributed by atoms with E-state index in [2.05, 4.69) is 31.9 Å². The molecule has 0 aromatic heterocycles. The van der Waals surface area contributed by atoms with Crippen LogP contribution in [0.1, 0.15) is 10.4 Å². The number of halogens is 2. The van der Waals surface area contributed by atoms with Crippen molar-refractivity contribution in [1.82, 2.24) is 0 Å². The van der Waals surface area contributed by atoms with Crippen molar-refractivity contribution < 1.29 is 23.7 Å². The Kier molecular flexibility index (Phi) is 9.86. The third-order valence-electron chi connectivity index (χ3n) is 2.36. The first kappa shape index (κ1) is 18.6. The number of benzene rings is 1. The third kappa shape index (κ3) is 8.53. The molecule has 7 heteroatoms. The fourth-order valence-electron chi connectivity index (χ4n) is 1.41. The van der Waals surface area contributed by atoms with Crippen LogP contribution in [-0.4, -0.2) is 52.7 Å². The van der Waals surface area contributed by atoms with Gasteiger partial charge in [-0.25, -0.2) is 4.79 Å². The van der Waals surface area contributed by atoms with Crippen LogP contribution in [-0.2, 0) is 18.9 Å². The number of esters is 1. The highest BCUT2D eigenvalue weighted by Crippen LogP contribution is 2.20. The van der Waals surface area contributed by atoms with Crippen LogP contribution in [0.2, 0.25) is 0 Å². The molecule has 0 bridgehead atoms. The summed E-state index contributed by atoms with van der Waals surface area (Å²) in [6.45, 7) is 2.63. The van der Waals surface area contributed by atoms with Gasteiger partial charge in [-0.3, -0.25) is 0 Å². The van der Waals surface area contributed by atoms with Crippen molar-refractivity contribution in [1.29, 1.82) is 0 Å². The van der Waals surface area contributed by atoms with E-state index in [1.807, 2.05) is 6.07 Å². The molecule has 118 valence electrons. The molecule has 0 saturated carbocycles. The van der Waals surface area contributed by atoms with E-state index in [-0.39, 0.29) is 12.6 Å². The maximum Gasteiger partial charge on any atom is 0.338 e. The van der Waals surface area contributed by atoms with Crippen LogP contribution in [0.4, 0.5) is 0 Å². The van der Waals surface area contributed by atoms with Gasteiger partial charge >= 0.3 is 5.97 Å². The molecule has 1 aromatic rings. The number of hydrogen-bond acceptors (Lipinski definition) is 5. The molecule has 0 aliphatic heterocycles. The summed E-state index contributed by atoms with van der Waals surface area (Å²) in [7, 11) is 1.62. The normalized spacial score (nSPS) is 10.6. The average Bonchev–Trinajstić information content (AvgIpc) is 2.44. The van der Waals surface area contributed by atoms with Crippen molar-refractivity contribution >= 4 is 37.8 Å². The van der Waals surface area contributed by atoms with Crippen molar-refractivity contribution in [2.45, 2.75) is 0 Å². The largest absolute Gasteiger partial charge is 0.460 e. The predicted octanol–water partition coefficient (Wildman–Crippen LogP) is 3.05. The van der Waals surface area contributed by atoms with Gasteiger partial charge in [0.2, 0.25) is 0 Å². The zero-order chi connectivity index (χ0) is 15.5. The highest BCUT2D eigenvalue weighted by atomic mass is 79.9. The highest BCUT2D eigenvalue weighted by Gasteiger charge is 2.08. The lowest BCUT2D eigenvalue weighted by atomic mass is 10.2. The molecule has 0 spiro atoms. The summed E-state index contributed by atoms with van der Waals surface area (Å²) in [5.41, 5.74) is 0.485. The van der Waals surface area contributed by atoms with Crippen molar-refractivity contribution in [3.05, 3.63) is 32.7 Å². The average molecular weight is 426 g/mol. The molecular weight excluding hydrogens is 408 g/mol. The molecule has 5 nitrogen and oxygen atoms in total. The van der Waals surface area contributed by atoms with Gasteiger partial charge in [0.1, 0.15) is 6.61 Å². The number of carbonyl (C=O) groups excluding carboxylic acids is 1. The smallest absolute Gasteiger partial charge is 0.338 e. The summed E-state index contributed by atoms with van der Waals surface area (Å²) in [6.07, 6.45) is 0. The molecule has 0 amide bonds. The lowest BCUT2D eigenvalue weighted by Gasteiger charge is -2.07. The fraction of sp³-hybridized carbons (Fsp3) is 0.500. The topological polar surface area (TPSA) is 54.0 Å². The molecule has 0 heterocycles. The molecule has 0 unspecified atom stereocenters. The zero-order valence-corrected chi connectivity index (χ0v) is 14.9. The quantitative estimate of drug-likeness (QED) is 0.426. The Hall–Kier alpha value is -0.470. The van der Waals surface area contributed by atoms with Crippen molar-refractivity contribution in [2.24, 2.45) is 0 Å². The van der Waals surface area contributed by atoms with Crippen LogP contribution in [0, 0.1) is 0 Å². The van der Waals surface area contributed by atoms with Crippen LogP contribution in [0.15, 0.2) is 27.1 Å². The summed E-state index contributed by atoms with van der Waals surface area (Å²) in [6, 6.07) is 5.26. The van der Waals surface area contributed by atoms with E-state index in [9.17, 15) is 4.79 Å². The Morgan fingerprint density at radius 3 is 2.00 bits per heavy atom. The summed E-state index contributed by atoms with van der Waals surface area (Å²) < 4.78 is 22.1. The predicted molar refractivity (Wildman–Crippen MR) is 85.6 cm³/mol. The van der Waals surface area contributed by atoms with Gasteiger partial charge in [0, 0.05) is 16.1 Å². The molecule has 0 radical (unpaired) electrons. The Morgan fingerprint density at radius 2 is 1.43 bits per heavy atom. The van der Waals surface area contributed by atoms with Gasteiger partial charge in [0.25, 0.3) is 0 Å². The molecule has 0 saturated heterocycles. The van der Waals surface area contributed by atoms with Crippen LogP contribution in [0.3, 0.4) is 0 Å². The summed E-state index contributed by atoms with van der Waals surface area (Å²) >= 11 is 6.65. The molecule has 21 heavy (non-hydrogen) atoms. The highest BCUT2D eigenvalue weighted by molar-refractivity contribution is 9.11. The minimum absolute atomic E-state index is 0.209. The van der Waals surface area contributed by atoms with Gasteiger partial charge in [-0.05, 0) is 18.2 Å². The van der Waals surface area contributed by atoms with Crippen LogP contribution in [0.25, 0.3) is 0 Å². The Balaban J connectivity index is 2.11. The van der Waals surface area contributed by atoms with Crippen molar-refractivity contribution in [2.75, 3.05) is 46.8 Å². The SMILES string of the molecule is COCCOCCOCCOC(=O)c1cc(Br)cc(Br)c1. The first-order valence-electron chi connectivity index (χ1n) is 6.41. The molecule has 0 aliphatic carbocycles. The van der Waals surface area contributed by atoms with Gasteiger partial charge in [0.15, 0.2) is 0 Å². The van der Waals surface area contributed by atoms with E-state index in [0.717, 1.165) is 8.95 Å². The number of rotatable bonds is 10. The monoisotopic (exact) mass is 424 g/mol. The molecule has 0 aliphatic rings. The molecular formula is C14H18Br2O5.